The van der Waals surface area contributed by atoms with Crippen molar-refractivity contribution < 1.29 is 10.2 Å². The molecule has 0 aliphatic heterocycles. The highest BCUT2D eigenvalue weighted by Crippen LogP contribution is 2.39. The summed E-state index contributed by atoms with van der Waals surface area (Å²) >= 11 is 6.66. The molecule has 10 nitrogen and oxygen atoms in total. The summed E-state index contributed by atoms with van der Waals surface area (Å²) in [7, 11) is 0. The molecule has 206 valence electrons. The average Bonchev–Trinajstić information content (AvgIpc) is 3.55. The highest BCUT2D eigenvalue weighted by molar-refractivity contribution is 6.33. The molecular formula is C29H31ClN8O2. The molecule has 5 aromatic rings. The minimum atomic E-state index is 0.157. The molecule has 2 aromatic carbocycles. The second-order valence-electron chi connectivity index (χ2n) is 10.7. The quantitative estimate of drug-likeness (QED) is 0.151. The Bertz CT molecular complexity index is 1610. The Balaban J connectivity index is 1.25. The molecule has 6 rings (SSSR count). The van der Waals surface area contributed by atoms with Gasteiger partial charge in [0.2, 0.25) is 5.95 Å². The maximum absolute atomic E-state index is 9.81. The smallest absolute Gasteiger partial charge is 0.223 e. The van der Waals surface area contributed by atoms with Crippen LogP contribution >= 0.6 is 11.6 Å². The summed E-state index contributed by atoms with van der Waals surface area (Å²) < 4.78 is 3.66. The van der Waals surface area contributed by atoms with Crippen LogP contribution < -0.4 is 16.2 Å². The lowest BCUT2D eigenvalue weighted by atomic mass is 9.74. The number of benzene rings is 2. The Kier molecular flexibility index (Phi) is 7.05. The lowest BCUT2D eigenvalue weighted by Gasteiger charge is -2.37. The minimum absolute atomic E-state index is 0.157. The number of halogens is 1. The van der Waals surface area contributed by atoms with Gasteiger partial charge in [0, 0.05) is 35.9 Å². The molecule has 3 aromatic heterocycles. The van der Waals surface area contributed by atoms with Gasteiger partial charge >= 0.3 is 0 Å². The molecule has 0 spiro atoms. The van der Waals surface area contributed by atoms with Crippen molar-refractivity contribution >= 4 is 39.8 Å². The first-order valence-electron chi connectivity index (χ1n) is 13.3. The molecule has 1 aliphatic rings. The standard InChI is InChI=1S/C29H31ClN8O2/c1-29(19-36-17-20(31)15-33-36)13-11-21(12-14-29)34-28-32-16-25(30)27(35-28)24-18-37(26-10-6-5-9-23(24)26)38(40-39)22-7-3-2-4-8-22/h2-10,15-18,21,39H,11-14,19,31H2,1H3,(H,32,34,35). The molecule has 0 amide bonds. The van der Waals surface area contributed by atoms with E-state index < -0.39 is 0 Å². The van der Waals surface area contributed by atoms with Crippen molar-refractivity contribution in [3.63, 3.8) is 0 Å². The van der Waals surface area contributed by atoms with Gasteiger partial charge in [-0.1, -0.05) is 59.9 Å². The first-order valence-corrected chi connectivity index (χ1v) is 13.6. The van der Waals surface area contributed by atoms with Crippen molar-refractivity contribution in [2.45, 2.75) is 45.2 Å². The maximum atomic E-state index is 9.81. The number of fused-ring (bicyclic) bond motifs is 1. The van der Waals surface area contributed by atoms with Gasteiger partial charge in [-0.05, 0) is 49.3 Å². The average molecular weight is 559 g/mol. The first-order chi connectivity index (χ1) is 19.4. The van der Waals surface area contributed by atoms with Crippen LogP contribution in [0.4, 0.5) is 17.3 Å². The summed E-state index contributed by atoms with van der Waals surface area (Å²) in [5.74, 6) is 0.531. The van der Waals surface area contributed by atoms with Crippen LogP contribution in [0.1, 0.15) is 32.6 Å². The Hall–Kier alpha value is -4.12. The third-order valence-corrected chi connectivity index (χ3v) is 7.94. The number of hydrogen-bond donors (Lipinski definition) is 3. The molecule has 1 fully saturated rings. The van der Waals surface area contributed by atoms with E-state index in [1.54, 1.807) is 17.1 Å². The lowest BCUT2D eigenvalue weighted by Crippen LogP contribution is -2.34. The van der Waals surface area contributed by atoms with E-state index in [2.05, 4.69) is 22.3 Å². The van der Waals surface area contributed by atoms with Crippen molar-refractivity contribution in [1.29, 1.82) is 0 Å². The summed E-state index contributed by atoms with van der Waals surface area (Å²) in [6.07, 6.45) is 11.1. The number of rotatable bonds is 8. The number of nitrogens with two attached hydrogens (primary N) is 1. The Morgan fingerprint density at radius 1 is 1.10 bits per heavy atom. The normalized spacial score (nSPS) is 19.1. The van der Waals surface area contributed by atoms with E-state index in [0.29, 0.717) is 28.0 Å². The summed E-state index contributed by atoms with van der Waals surface area (Å²) in [6.45, 7) is 3.16. The van der Waals surface area contributed by atoms with Crippen LogP contribution in [0.15, 0.2) is 79.4 Å². The SMILES string of the molecule is CC1(Cn2cc(N)cn2)CCC(Nc2ncc(Cl)c(-c3cn(N(OO)c4ccccc4)c4ccccc34)n2)CC1. The van der Waals surface area contributed by atoms with Gasteiger partial charge in [0.15, 0.2) is 0 Å². The van der Waals surface area contributed by atoms with E-state index in [-0.39, 0.29) is 11.5 Å². The molecule has 0 bridgehead atoms. The van der Waals surface area contributed by atoms with E-state index in [1.165, 1.54) is 5.17 Å². The van der Waals surface area contributed by atoms with Crippen LogP contribution in [0.3, 0.4) is 0 Å². The Morgan fingerprint density at radius 2 is 1.85 bits per heavy atom. The van der Waals surface area contributed by atoms with Gasteiger partial charge in [-0.2, -0.15) is 5.10 Å². The summed E-state index contributed by atoms with van der Waals surface area (Å²) in [5, 5.41) is 20.3. The number of hydrogen-bond acceptors (Lipinski definition) is 8. The van der Waals surface area contributed by atoms with Gasteiger partial charge in [0.25, 0.3) is 0 Å². The second-order valence-corrected chi connectivity index (χ2v) is 11.1. The predicted octanol–water partition coefficient (Wildman–Crippen LogP) is 6.27. The highest BCUT2D eigenvalue weighted by Gasteiger charge is 2.32. The molecule has 1 aliphatic carbocycles. The van der Waals surface area contributed by atoms with Crippen LogP contribution in [0.25, 0.3) is 22.2 Å². The highest BCUT2D eigenvalue weighted by atomic mass is 35.5. The van der Waals surface area contributed by atoms with Gasteiger partial charge in [-0.15, -0.1) is 5.17 Å². The van der Waals surface area contributed by atoms with Gasteiger partial charge in [-0.3, -0.25) is 4.68 Å². The summed E-state index contributed by atoms with van der Waals surface area (Å²) in [6, 6.07) is 17.4. The third-order valence-electron chi connectivity index (χ3n) is 7.66. The van der Waals surface area contributed by atoms with Crippen molar-refractivity contribution in [3.05, 3.63) is 84.4 Å². The third kappa shape index (κ3) is 5.21. The Labute approximate surface area is 236 Å². The van der Waals surface area contributed by atoms with E-state index in [4.69, 9.17) is 27.3 Å². The van der Waals surface area contributed by atoms with Crippen LogP contribution in [0, 0.1) is 5.41 Å². The fourth-order valence-electron chi connectivity index (χ4n) is 5.55. The van der Waals surface area contributed by atoms with Crippen LogP contribution in [-0.2, 0) is 11.5 Å². The first kappa shape index (κ1) is 26.1. The molecule has 1 saturated carbocycles. The van der Waals surface area contributed by atoms with E-state index in [9.17, 15) is 5.26 Å². The van der Waals surface area contributed by atoms with E-state index in [1.807, 2.05) is 71.7 Å². The molecular weight excluding hydrogens is 528 g/mol. The fourth-order valence-corrected chi connectivity index (χ4v) is 5.74. The number of para-hydroxylation sites is 2. The van der Waals surface area contributed by atoms with E-state index in [0.717, 1.165) is 48.7 Å². The summed E-state index contributed by atoms with van der Waals surface area (Å²) in [4.78, 5) is 14.1. The monoisotopic (exact) mass is 558 g/mol. The van der Waals surface area contributed by atoms with Crippen molar-refractivity contribution in [2.24, 2.45) is 5.41 Å². The number of nitrogens with zero attached hydrogens (tertiary/aromatic N) is 6. The van der Waals surface area contributed by atoms with Crippen LogP contribution in [0.2, 0.25) is 5.02 Å². The number of nitrogen functional groups attached to an aromatic ring is 1. The molecule has 0 atom stereocenters. The maximum Gasteiger partial charge on any atom is 0.223 e. The Morgan fingerprint density at radius 3 is 2.58 bits per heavy atom. The molecule has 11 heteroatoms. The van der Waals surface area contributed by atoms with E-state index >= 15 is 0 Å². The minimum Gasteiger partial charge on any atom is -0.396 e. The van der Waals surface area contributed by atoms with Crippen molar-refractivity contribution in [2.75, 3.05) is 16.2 Å². The zero-order valence-electron chi connectivity index (χ0n) is 22.1. The molecule has 40 heavy (non-hydrogen) atoms. The fraction of sp³-hybridized carbons (Fsp3) is 0.276. The number of aromatic nitrogens is 5. The molecule has 0 radical (unpaired) electrons. The van der Waals surface area contributed by atoms with Gasteiger partial charge in [-0.25, -0.2) is 19.9 Å². The molecule has 4 N–H and O–H groups in total. The predicted molar refractivity (Wildman–Crippen MR) is 157 cm³/mol. The number of anilines is 3. The molecule has 3 heterocycles. The van der Waals surface area contributed by atoms with Gasteiger partial charge in [0.05, 0.1) is 40.0 Å². The van der Waals surface area contributed by atoms with Crippen LogP contribution in [0.5, 0.6) is 0 Å². The zero-order valence-corrected chi connectivity index (χ0v) is 22.9. The number of nitrogens with one attached hydrogen (secondary N) is 1. The zero-order chi connectivity index (χ0) is 27.7. The summed E-state index contributed by atoms with van der Waals surface area (Å²) in [5.41, 5.74) is 9.53. The molecule has 0 unspecified atom stereocenters. The second kappa shape index (κ2) is 10.8. The topological polar surface area (TPSA) is 119 Å². The van der Waals surface area contributed by atoms with Crippen LogP contribution in [-0.4, -0.2) is 35.7 Å². The van der Waals surface area contributed by atoms with Gasteiger partial charge < -0.3 is 11.1 Å². The lowest BCUT2D eigenvalue weighted by molar-refractivity contribution is -0.261. The largest absolute Gasteiger partial charge is 0.396 e. The van der Waals surface area contributed by atoms with Crippen molar-refractivity contribution in [3.8, 4) is 11.3 Å². The van der Waals surface area contributed by atoms with Gasteiger partial charge in [0.1, 0.15) is 0 Å². The van der Waals surface area contributed by atoms with Crippen molar-refractivity contribution in [1.82, 2.24) is 24.4 Å². The molecule has 0 saturated heterocycles.